The molecule has 0 amide bonds. The zero-order valence-corrected chi connectivity index (χ0v) is 12.3. The highest BCUT2D eigenvalue weighted by atomic mass is 79.9. The van der Waals surface area contributed by atoms with Crippen molar-refractivity contribution in [3.8, 4) is 0 Å². The maximum absolute atomic E-state index is 10.1. The second-order valence-electron chi connectivity index (χ2n) is 4.31. The van der Waals surface area contributed by atoms with Gasteiger partial charge in [-0.15, -0.1) is 11.3 Å². The van der Waals surface area contributed by atoms with Gasteiger partial charge in [-0.05, 0) is 52.5 Å². The Morgan fingerprint density at radius 1 is 1.24 bits per heavy atom. The van der Waals surface area contributed by atoms with Crippen molar-refractivity contribution in [3.05, 3.63) is 55.7 Å². The second kappa shape index (κ2) is 5.34. The molecule has 0 saturated heterocycles. The number of thiophene rings is 1. The molecule has 0 aliphatic heterocycles. The van der Waals surface area contributed by atoms with Crippen LogP contribution in [0.4, 0.5) is 0 Å². The number of aliphatic hydroxyl groups excluding tert-OH is 1. The van der Waals surface area contributed by atoms with Gasteiger partial charge in [0.25, 0.3) is 0 Å². The Balaban J connectivity index is 2.12. The van der Waals surface area contributed by atoms with Crippen LogP contribution in [0.3, 0.4) is 0 Å². The topological polar surface area (TPSA) is 20.2 Å². The maximum Gasteiger partial charge on any atom is 0.0922 e. The molecule has 1 N–H and O–H groups in total. The molecule has 1 aromatic carbocycles. The molecule has 1 atom stereocenters. The van der Waals surface area contributed by atoms with E-state index >= 15 is 0 Å². The van der Waals surface area contributed by atoms with Crippen LogP contribution >= 0.6 is 27.3 Å². The highest BCUT2D eigenvalue weighted by Crippen LogP contribution is 2.28. The SMILES string of the molecule is Cc1ccc(CC(O)c2cc(Br)cs2)cc1C. The summed E-state index contributed by atoms with van der Waals surface area (Å²) >= 11 is 4.99. The third-order valence-corrected chi connectivity index (χ3v) is 4.71. The van der Waals surface area contributed by atoms with Crippen LogP contribution in [-0.4, -0.2) is 5.11 Å². The monoisotopic (exact) mass is 310 g/mol. The summed E-state index contributed by atoms with van der Waals surface area (Å²) in [6.45, 7) is 4.21. The first kappa shape index (κ1) is 12.8. The average Bonchev–Trinajstić information content (AvgIpc) is 2.70. The predicted octanol–water partition coefficient (Wildman–Crippen LogP) is 4.40. The van der Waals surface area contributed by atoms with Gasteiger partial charge < -0.3 is 5.11 Å². The van der Waals surface area contributed by atoms with E-state index in [0.29, 0.717) is 6.42 Å². The minimum atomic E-state index is -0.409. The van der Waals surface area contributed by atoms with Gasteiger partial charge in [0.05, 0.1) is 6.10 Å². The largest absolute Gasteiger partial charge is 0.387 e. The maximum atomic E-state index is 10.1. The van der Waals surface area contributed by atoms with Crippen molar-refractivity contribution in [2.45, 2.75) is 26.4 Å². The van der Waals surface area contributed by atoms with Crippen LogP contribution in [-0.2, 0) is 6.42 Å². The zero-order valence-electron chi connectivity index (χ0n) is 9.90. The van der Waals surface area contributed by atoms with Crippen molar-refractivity contribution in [2.24, 2.45) is 0 Å². The molecule has 1 unspecified atom stereocenters. The van der Waals surface area contributed by atoms with E-state index in [4.69, 9.17) is 0 Å². The first-order chi connectivity index (χ1) is 8.06. The van der Waals surface area contributed by atoms with Crippen molar-refractivity contribution < 1.29 is 5.11 Å². The average molecular weight is 311 g/mol. The second-order valence-corrected chi connectivity index (χ2v) is 6.16. The Morgan fingerprint density at radius 3 is 2.59 bits per heavy atom. The molecular weight excluding hydrogens is 296 g/mol. The van der Waals surface area contributed by atoms with Gasteiger partial charge in [-0.3, -0.25) is 0 Å². The summed E-state index contributed by atoms with van der Waals surface area (Å²) in [6.07, 6.45) is 0.266. The lowest BCUT2D eigenvalue weighted by Crippen LogP contribution is -2.00. The molecule has 0 aliphatic rings. The minimum Gasteiger partial charge on any atom is -0.387 e. The number of hydrogen-bond donors (Lipinski definition) is 1. The fourth-order valence-electron chi connectivity index (χ4n) is 1.76. The fraction of sp³-hybridized carbons (Fsp3) is 0.286. The molecule has 2 rings (SSSR count). The molecule has 3 heteroatoms. The van der Waals surface area contributed by atoms with E-state index in [2.05, 4.69) is 48.0 Å². The third-order valence-electron chi connectivity index (χ3n) is 2.92. The number of benzene rings is 1. The van der Waals surface area contributed by atoms with Gasteiger partial charge in [-0.1, -0.05) is 18.2 Å². The molecule has 1 nitrogen and oxygen atoms in total. The van der Waals surface area contributed by atoms with Gasteiger partial charge in [-0.25, -0.2) is 0 Å². The van der Waals surface area contributed by atoms with E-state index in [0.717, 1.165) is 9.35 Å². The van der Waals surface area contributed by atoms with Crippen LogP contribution in [0, 0.1) is 13.8 Å². The number of aryl methyl sites for hydroxylation is 2. The van der Waals surface area contributed by atoms with E-state index in [1.54, 1.807) is 11.3 Å². The van der Waals surface area contributed by atoms with Gasteiger partial charge in [0.2, 0.25) is 0 Å². The van der Waals surface area contributed by atoms with Crippen molar-refractivity contribution in [1.29, 1.82) is 0 Å². The van der Waals surface area contributed by atoms with E-state index < -0.39 is 6.10 Å². The molecule has 90 valence electrons. The lowest BCUT2D eigenvalue weighted by Gasteiger charge is -2.10. The molecule has 0 radical (unpaired) electrons. The molecule has 0 saturated carbocycles. The predicted molar refractivity (Wildman–Crippen MR) is 76.6 cm³/mol. The minimum absolute atomic E-state index is 0.409. The number of aliphatic hydroxyl groups is 1. The van der Waals surface area contributed by atoms with Gasteiger partial charge in [0.15, 0.2) is 0 Å². The van der Waals surface area contributed by atoms with E-state index in [1.165, 1.54) is 16.7 Å². The Hall–Kier alpha value is -0.640. The van der Waals surface area contributed by atoms with Crippen molar-refractivity contribution in [2.75, 3.05) is 0 Å². The molecule has 17 heavy (non-hydrogen) atoms. The summed E-state index contributed by atoms with van der Waals surface area (Å²) in [7, 11) is 0. The van der Waals surface area contributed by atoms with Gasteiger partial charge in [0, 0.05) is 21.2 Å². The molecule has 1 heterocycles. The fourth-order valence-corrected chi connectivity index (χ4v) is 3.19. The number of hydrogen-bond acceptors (Lipinski definition) is 2. The van der Waals surface area contributed by atoms with Gasteiger partial charge in [-0.2, -0.15) is 0 Å². The molecular formula is C14H15BrOS. The standard InChI is InChI=1S/C14H15BrOS/c1-9-3-4-11(5-10(9)2)6-13(16)14-7-12(15)8-17-14/h3-5,7-8,13,16H,6H2,1-2H3. The first-order valence-corrected chi connectivity index (χ1v) is 7.21. The normalized spacial score (nSPS) is 12.7. The van der Waals surface area contributed by atoms with Crippen molar-refractivity contribution in [1.82, 2.24) is 0 Å². The summed E-state index contributed by atoms with van der Waals surface area (Å²) in [5.41, 5.74) is 3.76. The van der Waals surface area contributed by atoms with Crippen LogP contribution < -0.4 is 0 Å². The van der Waals surface area contributed by atoms with Gasteiger partial charge >= 0.3 is 0 Å². The molecule has 0 fully saturated rings. The lowest BCUT2D eigenvalue weighted by atomic mass is 10.0. The van der Waals surface area contributed by atoms with E-state index in [9.17, 15) is 5.11 Å². The van der Waals surface area contributed by atoms with Crippen molar-refractivity contribution >= 4 is 27.3 Å². The highest BCUT2D eigenvalue weighted by Gasteiger charge is 2.11. The molecule has 0 bridgehead atoms. The summed E-state index contributed by atoms with van der Waals surface area (Å²) in [6, 6.07) is 8.34. The Kier molecular flexibility index (Phi) is 4.02. The van der Waals surface area contributed by atoms with E-state index in [-0.39, 0.29) is 0 Å². The molecule has 0 aliphatic carbocycles. The summed E-state index contributed by atoms with van der Waals surface area (Å²) in [5.74, 6) is 0. The van der Waals surface area contributed by atoms with Crippen LogP contribution in [0.1, 0.15) is 27.7 Å². The van der Waals surface area contributed by atoms with E-state index in [1.807, 2.05) is 11.4 Å². The molecule has 2 aromatic rings. The smallest absolute Gasteiger partial charge is 0.0922 e. The highest BCUT2D eigenvalue weighted by molar-refractivity contribution is 9.10. The molecule has 1 aromatic heterocycles. The number of rotatable bonds is 3. The quantitative estimate of drug-likeness (QED) is 0.890. The van der Waals surface area contributed by atoms with Crippen LogP contribution in [0.5, 0.6) is 0 Å². The third kappa shape index (κ3) is 3.18. The van der Waals surface area contributed by atoms with Crippen LogP contribution in [0.15, 0.2) is 34.1 Å². The first-order valence-electron chi connectivity index (χ1n) is 5.54. The summed E-state index contributed by atoms with van der Waals surface area (Å²) in [5, 5.41) is 12.1. The zero-order chi connectivity index (χ0) is 12.4. The van der Waals surface area contributed by atoms with Crippen molar-refractivity contribution in [3.63, 3.8) is 0 Å². The Bertz CT molecular complexity index is 519. The Labute approximate surface area is 114 Å². The molecule has 0 spiro atoms. The Morgan fingerprint density at radius 2 is 2.00 bits per heavy atom. The van der Waals surface area contributed by atoms with Crippen LogP contribution in [0.2, 0.25) is 0 Å². The number of halogens is 1. The lowest BCUT2D eigenvalue weighted by molar-refractivity contribution is 0.182. The summed E-state index contributed by atoms with van der Waals surface area (Å²) < 4.78 is 1.04. The van der Waals surface area contributed by atoms with Gasteiger partial charge in [0.1, 0.15) is 0 Å². The summed E-state index contributed by atoms with van der Waals surface area (Å²) in [4.78, 5) is 1.01. The van der Waals surface area contributed by atoms with Crippen LogP contribution in [0.25, 0.3) is 0 Å².